The van der Waals surface area contributed by atoms with Crippen molar-refractivity contribution in [2.75, 3.05) is 0 Å². The number of allylic oxidation sites excluding steroid dienone is 4. The summed E-state index contributed by atoms with van der Waals surface area (Å²) < 4.78 is 20.0. The lowest BCUT2D eigenvalue weighted by atomic mass is 9.74. The Balaban J connectivity index is 1.97. The van der Waals surface area contributed by atoms with Gasteiger partial charge in [0.2, 0.25) is 0 Å². The predicted molar refractivity (Wildman–Crippen MR) is 213 cm³/mol. The van der Waals surface area contributed by atoms with Crippen molar-refractivity contribution >= 4 is 17.5 Å². The van der Waals surface area contributed by atoms with E-state index in [1.807, 2.05) is 32.1 Å². The molecule has 314 valence electrons. The van der Waals surface area contributed by atoms with Crippen molar-refractivity contribution in [3.05, 3.63) is 36.5 Å². The maximum Gasteiger partial charge on any atom is 0.330 e. The molecule has 10 heteroatoms. The molecule has 0 unspecified atom stereocenters. The number of aliphatic hydroxyl groups is 4. The fraction of sp³-hybridized carbons (Fsp3) is 0.800. The first kappa shape index (κ1) is 47.2. The molecular weight excluding hydrogens is 700 g/mol. The number of Topliss-reactive ketones (excluding diaryl/α,β-unsaturated/α-hetero) is 2. The van der Waals surface area contributed by atoms with Gasteiger partial charge >= 0.3 is 5.97 Å². The van der Waals surface area contributed by atoms with Crippen LogP contribution in [0.2, 0.25) is 0 Å². The van der Waals surface area contributed by atoms with Crippen molar-refractivity contribution in [1.29, 1.82) is 0 Å². The number of carbonyl (C=O) groups excluding carboxylic acids is 3. The molecule has 0 saturated carbocycles. The lowest BCUT2D eigenvalue weighted by Crippen LogP contribution is -2.62. The van der Waals surface area contributed by atoms with Gasteiger partial charge in [0, 0.05) is 53.9 Å². The summed E-state index contributed by atoms with van der Waals surface area (Å²) in [6.07, 6.45) is 11.1. The second-order valence-electron chi connectivity index (χ2n) is 17.7. The highest BCUT2D eigenvalue weighted by Crippen LogP contribution is 2.49. The number of ether oxygens (including phenoxy) is 3. The lowest BCUT2D eigenvalue weighted by Gasteiger charge is -2.55. The first-order chi connectivity index (χ1) is 25.8. The number of carbonyl (C=O) groups is 3. The van der Waals surface area contributed by atoms with Crippen LogP contribution in [-0.4, -0.2) is 86.5 Å². The van der Waals surface area contributed by atoms with Crippen molar-refractivity contribution in [2.24, 2.45) is 59.2 Å². The first-order valence-electron chi connectivity index (χ1n) is 21.1. The summed E-state index contributed by atoms with van der Waals surface area (Å²) in [7, 11) is 0. The van der Waals surface area contributed by atoms with Gasteiger partial charge in [-0.15, -0.1) is 0 Å². The maximum absolute atomic E-state index is 13.5. The molecule has 3 rings (SSSR count). The molecule has 0 aromatic rings. The van der Waals surface area contributed by atoms with Crippen LogP contribution < -0.4 is 0 Å². The third-order valence-corrected chi connectivity index (χ3v) is 13.4. The molecule has 0 aromatic carbocycles. The van der Waals surface area contributed by atoms with E-state index in [4.69, 9.17) is 14.2 Å². The average Bonchev–Trinajstić information content (AvgIpc) is 3.16. The van der Waals surface area contributed by atoms with E-state index in [0.29, 0.717) is 19.3 Å². The quantitative estimate of drug-likeness (QED) is 0.226. The van der Waals surface area contributed by atoms with E-state index >= 15 is 0 Å². The summed E-state index contributed by atoms with van der Waals surface area (Å²) in [4.78, 5) is 40.4. The minimum Gasteiger partial charge on any atom is -0.458 e. The van der Waals surface area contributed by atoms with Crippen molar-refractivity contribution < 1.29 is 49.0 Å². The highest BCUT2D eigenvalue weighted by molar-refractivity contribution is 5.87. The molecule has 0 aromatic heterocycles. The van der Waals surface area contributed by atoms with Gasteiger partial charge in [0.25, 0.3) is 0 Å². The number of esters is 1. The number of fused-ring (bicyclic) bond motifs is 2. The SMILES string of the molecule is CC[C@@H]1C=C/C=C/C[C@H](C)[C@@H](O)[C@@H](C)C(=O)[C@H](C)[C@@H](O)[C@H](C)C(=O)[C@H](C)[C@@H](O)[C@H](C)/C=C/C(=O)O[C@H]2[C@@H](C)[C@@H](CC1)O[C@@]1(CC[C@@H](C)[C@@H](C[C@H](C)O)O1)[C@@H]2C. The summed E-state index contributed by atoms with van der Waals surface area (Å²) in [5.41, 5.74) is 0. The number of ketones is 2. The molecule has 55 heavy (non-hydrogen) atoms. The van der Waals surface area contributed by atoms with E-state index in [1.165, 1.54) is 6.08 Å². The Labute approximate surface area is 331 Å². The Hall–Kier alpha value is -2.21. The summed E-state index contributed by atoms with van der Waals surface area (Å²) in [5.74, 6) is -6.53. The minimum atomic E-state index is -1.30. The molecule has 2 fully saturated rings. The fourth-order valence-electron chi connectivity index (χ4n) is 8.95. The van der Waals surface area contributed by atoms with Gasteiger partial charge in [0.15, 0.2) is 5.79 Å². The highest BCUT2D eigenvalue weighted by Gasteiger charge is 2.56. The van der Waals surface area contributed by atoms with E-state index in [-0.39, 0.29) is 47.6 Å². The topological polar surface area (TPSA) is 160 Å². The summed E-state index contributed by atoms with van der Waals surface area (Å²) in [5, 5.41) is 43.8. The second kappa shape index (κ2) is 21.0. The normalized spacial score (nSPS) is 45.5. The van der Waals surface area contributed by atoms with Gasteiger partial charge in [0.1, 0.15) is 17.7 Å². The van der Waals surface area contributed by atoms with Crippen LogP contribution in [0.15, 0.2) is 36.5 Å². The molecule has 0 radical (unpaired) electrons. The zero-order chi connectivity index (χ0) is 41.4. The predicted octanol–water partition coefficient (Wildman–Crippen LogP) is 6.77. The van der Waals surface area contributed by atoms with E-state index in [0.717, 1.165) is 25.7 Å². The number of rotatable bonds is 3. The van der Waals surface area contributed by atoms with Crippen molar-refractivity contribution in [3.63, 3.8) is 0 Å². The zero-order valence-corrected chi connectivity index (χ0v) is 35.5. The Morgan fingerprint density at radius 1 is 0.764 bits per heavy atom. The van der Waals surface area contributed by atoms with E-state index in [9.17, 15) is 34.8 Å². The van der Waals surface area contributed by atoms with Gasteiger partial charge in [-0.25, -0.2) is 4.79 Å². The van der Waals surface area contributed by atoms with E-state index < -0.39 is 77.6 Å². The first-order valence-corrected chi connectivity index (χ1v) is 21.1. The molecule has 3 aliphatic heterocycles. The van der Waals surface area contributed by atoms with Gasteiger partial charge < -0.3 is 34.6 Å². The monoisotopic (exact) mass is 775 g/mol. The van der Waals surface area contributed by atoms with Crippen LogP contribution in [0.3, 0.4) is 0 Å². The van der Waals surface area contributed by atoms with Gasteiger partial charge in [-0.1, -0.05) is 99.6 Å². The summed E-state index contributed by atoms with van der Waals surface area (Å²) in [6.45, 7) is 20.1. The molecule has 3 aliphatic rings. The molecule has 0 aliphatic carbocycles. The molecular formula is C45H74O10. The van der Waals surface area contributed by atoms with Crippen LogP contribution in [0.4, 0.5) is 0 Å². The molecule has 2 bridgehead atoms. The third kappa shape index (κ3) is 11.9. The Morgan fingerprint density at radius 3 is 1.96 bits per heavy atom. The Kier molecular flexibility index (Phi) is 18.0. The van der Waals surface area contributed by atoms with E-state index in [2.05, 4.69) is 26.8 Å². The Morgan fingerprint density at radius 2 is 1.36 bits per heavy atom. The van der Waals surface area contributed by atoms with Crippen LogP contribution in [-0.2, 0) is 28.6 Å². The second-order valence-corrected chi connectivity index (χ2v) is 17.7. The fourth-order valence-corrected chi connectivity index (χ4v) is 8.95. The molecule has 10 nitrogen and oxygen atoms in total. The van der Waals surface area contributed by atoms with Crippen LogP contribution in [0.25, 0.3) is 0 Å². The van der Waals surface area contributed by atoms with Crippen LogP contribution in [0.5, 0.6) is 0 Å². The van der Waals surface area contributed by atoms with Gasteiger partial charge in [-0.05, 0) is 63.2 Å². The van der Waals surface area contributed by atoms with Crippen LogP contribution >= 0.6 is 0 Å². The molecule has 2 saturated heterocycles. The number of hydrogen-bond acceptors (Lipinski definition) is 10. The van der Waals surface area contributed by atoms with Crippen molar-refractivity contribution in [3.8, 4) is 0 Å². The largest absolute Gasteiger partial charge is 0.458 e. The molecule has 3 heterocycles. The van der Waals surface area contributed by atoms with Crippen LogP contribution in [0, 0.1) is 59.2 Å². The van der Waals surface area contributed by atoms with Crippen molar-refractivity contribution in [1.82, 2.24) is 0 Å². The molecule has 0 amide bonds. The minimum absolute atomic E-state index is 0.144. The van der Waals surface area contributed by atoms with Crippen molar-refractivity contribution in [2.45, 2.75) is 170 Å². The maximum atomic E-state index is 13.5. The summed E-state index contributed by atoms with van der Waals surface area (Å²) in [6, 6.07) is 0. The van der Waals surface area contributed by atoms with Gasteiger partial charge in [0.05, 0.1) is 36.6 Å². The lowest BCUT2D eigenvalue weighted by molar-refractivity contribution is -0.371. The smallest absolute Gasteiger partial charge is 0.330 e. The number of hydrogen-bond donors (Lipinski definition) is 4. The van der Waals surface area contributed by atoms with Gasteiger partial charge in [-0.2, -0.15) is 0 Å². The van der Waals surface area contributed by atoms with Crippen LogP contribution in [0.1, 0.15) is 121 Å². The highest BCUT2D eigenvalue weighted by atomic mass is 16.7. The standard InChI is InChI=1S/C45H74O10/c1-12-35-17-15-13-14-16-26(3)39(48)30(7)41(50)32(9)43(52)33(10)42(51)31(8)40(49)27(4)18-21-38(47)53-44-29(6)36(20-19-35)54-45(34(44)11)23-22-25(2)37(55-45)24-28(5)46/h13-15,17-18,21,25-37,39-40,43-44,46,48-49,52H,12,16,19-20,22-24H2,1-11H3/b14-13+,17-15?,21-18+/t25-,26+,27-,28+,29+,30-,31-,32+,33-,34-,35-,36-,37-,39-,40+,43-,44+,45-/m1/s1. The average molecular weight is 775 g/mol. The summed E-state index contributed by atoms with van der Waals surface area (Å²) >= 11 is 0. The third-order valence-electron chi connectivity index (χ3n) is 13.4. The molecule has 18 atom stereocenters. The Bertz CT molecular complexity index is 1340. The molecule has 4 N–H and O–H groups in total. The molecule has 1 spiro atoms. The number of aliphatic hydroxyl groups excluding tert-OH is 4. The van der Waals surface area contributed by atoms with E-state index in [1.54, 1.807) is 47.6 Å². The zero-order valence-electron chi connectivity index (χ0n) is 35.5. The van der Waals surface area contributed by atoms with Gasteiger partial charge in [-0.3, -0.25) is 9.59 Å².